The molecule has 0 aliphatic rings. The number of ketones is 1. The smallest absolute Gasteiger partial charge is 0.335 e. The Morgan fingerprint density at radius 1 is 0.957 bits per heavy atom. The molecule has 2 aromatic rings. The van der Waals surface area contributed by atoms with E-state index in [4.69, 9.17) is 0 Å². The van der Waals surface area contributed by atoms with Gasteiger partial charge >= 0.3 is 5.97 Å². The van der Waals surface area contributed by atoms with Crippen LogP contribution in [0.2, 0.25) is 0 Å². The number of unbranched alkanes of at least 4 members (excludes halogenated alkanes) is 2. The van der Waals surface area contributed by atoms with E-state index in [9.17, 15) is 14.7 Å². The van der Waals surface area contributed by atoms with E-state index in [-0.39, 0.29) is 17.8 Å². The average Bonchev–Trinajstić information content (AvgIpc) is 2.56. The fraction of sp³-hybridized carbons (Fsp3) is 0.300. The van der Waals surface area contributed by atoms with Crippen LogP contribution >= 0.6 is 0 Å². The van der Waals surface area contributed by atoms with Crippen molar-refractivity contribution in [2.24, 2.45) is 0 Å². The van der Waals surface area contributed by atoms with Crippen LogP contribution in [0.5, 0.6) is 0 Å². The van der Waals surface area contributed by atoms with Crippen LogP contribution in [0.25, 0.3) is 0 Å². The van der Waals surface area contributed by atoms with E-state index in [2.05, 4.69) is 6.92 Å². The van der Waals surface area contributed by atoms with E-state index in [0.717, 1.165) is 12.8 Å². The third-order valence-corrected chi connectivity index (χ3v) is 3.94. The van der Waals surface area contributed by atoms with Crippen molar-refractivity contribution in [3.63, 3.8) is 0 Å². The predicted octanol–water partition coefficient (Wildman–Crippen LogP) is 4.54. The van der Waals surface area contributed by atoms with Gasteiger partial charge in [-0.05, 0) is 30.0 Å². The molecule has 0 saturated carbocycles. The second-order valence-electron chi connectivity index (χ2n) is 5.72. The lowest BCUT2D eigenvalue weighted by Crippen LogP contribution is -2.09. The molecular weight excluding hydrogens is 288 g/mol. The summed E-state index contributed by atoms with van der Waals surface area (Å²) in [5.74, 6) is -1.06. The third-order valence-electron chi connectivity index (χ3n) is 3.94. The highest BCUT2D eigenvalue weighted by molar-refractivity contribution is 5.99. The minimum absolute atomic E-state index is 0.0567. The Morgan fingerprint density at radius 2 is 1.65 bits per heavy atom. The molecule has 2 aromatic carbocycles. The predicted molar refractivity (Wildman–Crippen MR) is 91.1 cm³/mol. The van der Waals surface area contributed by atoms with Crippen LogP contribution in [0.1, 0.15) is 58.0 Å². The summed E-state index contributed by atoms with van der Waals surface area (Å²) in [5, 5.41) is 9.18. The quantitative estimate of drug-likeness (QED) is 0.575. The van der Waals surface area contributed by atoms with Crippen molar-refractivity contribution < 1.29 is 14.7 Å². The van der Waals surface area contributed by atoms with E-state index in [0.29, 0.717) is 11.1 Å². The minimum atomic E-state index is -1.00. The molecular formula is C20H22O3. The maximum absolute atomic E-state index is 12.4. The molecule has 3 heteroatoms. The Bertz CT molecular complexity index is 672. The number of benzene rings is 2. The molecule has 0 bridgehead atoms. The molecule has 0 saturated heterocycles. The Kier molecular flexibility index (Phi) is 6.10. The highest BCUT2D eigenvalue weighted by atomic mass is 16.4. The van der Waals surface area contributed by atoms with Crippen LogP contribution in [0.3, 0.4) is 0 Å². The van der Waals surface area contributed by atoms with Gasteiger partial charge in [0.05, 0.1) is 5.56 Å². The highest BCUT2D eigenvalue weighted by Gasteiger charge is 2.13. The first-order chi connectivity index (χ1) is 11.1. The summed E-state index contributed by atoms with van der Waals surface area (Å²) in [7, 11) is 0. The van der Waals surface area contributed by atoms with Gasteiger partial charge in [0, 0.05) is 12.0 Å². The van der Waals surface area contributed by atoms with Crippen molar-refractivity contribution >= 4 is 11.8 Å². The standard InChI is InChI=1S/C20H22O3/c1-2-3-4-7-15-10-12-16(13-11-15)19(21)14-17-8-5-6-9-18(17)20(22)23/h5-6,8-13H,2-4,7,14H2,1H3,(H,22,23). The summed E-state index contributed by atoms with van der Waals surface area (Å²) in [6.07, 6.45) is 4.71. The largest absolute Gasteiger partial charge is 0.478 e. The zero-order chi connectivity index (χ0) is 16.7. The normalized spacial score (nSPS) is 10.5. The number of hydrogen-bond acceptors (Lipinski definition) is 2. The molecule has 0 aromatic heterocycles. The number of aromatic carboxylic acids is 1. The number of carbonyl (C=O) groups is 2. The number of aryl methyl sites for hydroxylation is 1. The van der Waals surface area contributed by atoms with Crippen molar-refractivity contribution in [1.29, 1.82) is 0 Å². The van der Waals surface area contributed by atoms with Gasteiger partial charge in [0.2, 0.25) is 0 Å². The van der Waals surface area contributed by atoms with Gasteiger partial charge < -0.3 is 5.11 Å². The SMILES string of the molecule is CCCCCc1ccc(C(=O)Cc2ccccc2C(=O)O)cc1. The fourth-order valence-electron chi connectivity index (χ4n) is 2.59. The molecule has 0 aliphatic carbocycles. The van der Waals surface area contributed by atoms with Crippen molar-refractivity contribution in [2.75, 3.05) is 0 Å². The maximum atomic E-state index is 12.4. The van der Waals surface area contributed by atoms with E-state index in [1.54, 1.807) is 18.2 Å². The van der Waals surface area contributed by atoms with Crippen LogP contribution in [0, 0.1) is 0 Å². The van der Waals surface area contributed by atoms with Gasteiger partial charge in [0.15, 0.2) is 5.78 Å². The number of Topliss-reactive ketones (excluding diaryl/α,β-unsaturated/α-hetero) is 1. The fourth-order valence-corrected chi connectivity index (χ4v) is 2.59. The first-order valence-electron chi connectivity index (χ1n) is 8.05. The molecule has 0 fully saturated rings. The second-order valence-corrected chi connectivity index (χ2v) is 5.72. The van der Waals surface area contributed by atoms with Crippen molar-refractivity contribution in [3.05, 3.63) is 70.8 Å². The molecule has 23 heavy (non-hydrogen) atoms. The van der Waals surface area contributed by atoms with E-state index < -0.39 is 5.97 Å². The van der Waals surface area contributed by atoms with Crippen LogP contribution < -0.4 is 0 Å². The lowest BCUT2D eigenvalue weighted by molar-refractivity contribution is 0.0696. The van der Waals surface area contributed by atoms with Crippen LogP contribution in [0.4, 0.5) is 0 Å². The Morgan fingerprint density at radius 3 is 2.30 bits per heavy atom. The molecule has 0 aliphatic heterocycles. The average molecular weight is 310 g/mol. The first-order valence-corrected chi connectivity index (χ1v) is 8.05. The summed E-state index contributed by atoms with van der Waals surface area (Å²) >= 11 is 0. The Hall–Kier alpha value is -2.42. The van der Waals surface area contributed by atoms with E-state index in [1.807, 2.05) is 24.3 Å². The number of hydrogen-bond donors (Lipinski definition) is 1. The number of carboxylic acid groups (broad SMARTS) is 1. The maximum Gasteiger partial charge on any atom is 0.335 e. The van der Waals surface area contributed by atoms with Gasteiger partial charge in [0.1, 0.15) is 0 Å². The molecule has 3 nitrogen and oxygen atoms in total. The molecule has 2 rings (SSSR count). The van der Waals surface area contributed by atoms with Gasteiger partial charge in [0.25, 0.3) is 0 Å². The molecule has 0 heterocycles. The minimum Gasteiger partial charge on any atom is -0.478 e. The Labute approximate surface area is 137 Å². The summed E-state index contributed by atoms with van der Waals surface area (Å²) in [6.45, 7) is 2.18. The summed E-state index contributed by atoms with van der Waals surface area (Å²) in [6, 6.07) is 14.3. The van der Waals surface area contributed by atoms with Gasteiger partial charge in [-0.1, -0.05) is 62.2 Å². The van der Waals surface area contributed by atoms with Crippen LogP contribution in [0.15, 0.2) is 48.5 Å². The Balaban J connectivity index is 2.05. The molecule has 0 unspecified atom stereocenters. The number of rotatable bonds is 8. The van der Waals surface area contributed by atoms with Gasteiger partial charge in [-0.2, -0.15) is 0 Å². The lowest BCUT2D eigenvalue weighted by Gasteiger charge is -2.06. The molecule has 120 valence electrons. The summed E-state index contributed by atoms with van der Waals surface area (Å²) in [5.41, 5.74) is 2.61. The summed E-state index contributed by atoms with van der Waals surface area (Å²) in [4.78, 5) is 23.6. The second kappa shape index (κ2) is 8.28. The van der Waals surface area contributed by atoms with E-state index >= 15 is 0 Å². The zero-order valence-electron chi connectivity index (χ0n) is 13.4. The lowest BCUT2D eigenvalue weighted by atomic mass is 9.97. The summed E-state index contributed by atoms with van der Waals surface area (Å²) < 4.78 is 0. The topological polar surface area (TPSA) is 54.4 Å². The molecule has 0 spiro atoms. The van der Waals surface area contributed by atoms with E-state index in [1.165, 1.54) is 24.5 Å². The third kappa shape index (κ3) is 4.78. The molecule has 0 atom stereocenters. The molecule has 0 amide bonds. The number of carbonyl (C=O) groups excluding carboxylic acids is 1. The van der Waals surface area contributed by atoms with Gasteiger partial charge in [-0.15, -0.1) is 0 Å². The monoisotopic (exact) mass is 310 g/mol. The van der Waals surface area contributed by atoms with Crippen LogP contribution in [-0.2, 0) is 12.8 Å². The van der Waals surface area contributed by atoms with Crippen molar-refractivity contribution in [3.8, 4) is 0 Å². The van der Waals surface area contributed by atoms with Crippen LogP contribution in [-0.4, -0.2) is 16.9 Å². The number of carboxylic acids is 1. The highest BCUT2D eigenvalue weighted by Crippen LogP contribution is 2.14. The molecule has 0 radical (unpaired) electrons. The molecule has 1 N–H and O–H groups in total. The van der Waals surface area contributed by atoms with Crippen molar-refractivity contribution in [1.82, 2.24) is 0 Å². The van der Waals surface area contributed by atoms with Crippen molar-refractivity contribution in [2.45, 2.75) is 39.0 Å². The first kappa shape index (κ1) is 16.9. The zero-order valence-corrected chi connectivity index (χ0v) is 13.4. The van der Waals surface area contributed by atoms with Gasteiger partial charge in [-0.25, -0.2) is 4.79 Å². The van der Waals surface area contributed by atoms with Gasteiger partial charge in [-0.3, -0.25) is 4.79 Å².